The zero-order valence-electron chi connectivity index (χ0n) is 9.28. The lowest BCUT2D eigenvalue weighted by Crippen LogP contribution is -2.04. The third-order valence-electron chi connectivity index (χ3n) is 2.99. The van der Waals surface area contributed by atoms with E-state index in [0.717, 1.165) is 5.25 Å². The maximum Gasteiger partial charge on any atom is 0.0266 e. The molecule has 15 heavy (non-hydrogen) atoms. The highest BCUT2D eigenvalue weighted by Crippen LogP contribution is 2.35. The van der Waals surface area contributed by atoms with Crippen LogP contribution in [0, 0.1) is 0 Å². The summed E-state index contributed by atoms with van der Waals surface area (Å²) in [5.41, 5.74) is 7.13. The average molecular weight is 221 g/mol. The number of hydrogen-bond donors (Lipinski definition) is 1. The lowest BCUT2D eigenvalue weighted by molar-refractivity contribution is 0.814. The molecule has 1 aromatic rings. The van der Waals surface area contributed by atoms with E-state index in [1.807, 2.05) is 18.7 Å². The normalized spacial score (nSPS) is 19.3. The van der Waals surface area contributed by atoms with Crippen molar-refractivity contribution in [1.29, 1.82) is 0 Å². The molecule has 0 spiro atoms. The lowest BCUT2D eigenvalue weighted by atomic mass is 10.1. The van der Waals surface area contributed by atoms with Crippen LogP contribution in [0.25, 0.3) is 0 Å². The highest BCUT2D eigenvalue weighted by molar-refractivity contribution is 8.00. The van der Waals surface area contributed by atoms with Crippen LogP contribution in [0.4, 0.5) is 0 Å². The van der Waals surface area contributed by atoms with Crippen LogP contribution in [0.3, 0.4) is 0 Å². The highest BCUT2D eigenvalue weighted by atomic mass is 32.2. The predicted octanol–water partition coefficient (Wildman–Crippen LogP) is 3.74. The fourth-order valence-electron chi connectivity index (χ4n) is 2.07. The van der Waals surface area contributed by atoms with Gasteiger partial charge in [-0.25, -0.2) is 0 Å². The molecular weight excluding hydrogens is 202 g/mol. The van der Waals surface area contributed by atoms with Crippen molar-refractivity contribution >= 4 is 11.8 Å². The van der Waals surface area contributed by atoms with E-state index in [1.165, 1.54) is 36.1 Å². The Hall–Kier alpha value is -0.470. The monoisotopic (exact) mass is 221 g/mol. The van der Waals surface area contributed by atoms with Gasteiger partial charge < -0.3 is 5.73 Å². The van der Waals surface area contributed by atoms with Gasteiger partial charge in [-0.15, -0.1) is 11.8 Å². The molecule has 2 rings (SSSR count). The van der Waals surface area contributed by atoms with Crippen molar-refractivity contribution in [3.63, 3.8) is 0 Å². The lowest BCUT2D eigenvalue weighted by Gasteiger charge is -2.11. The van der Waals surface area contributed by atoms with Crippen LogP contribution in [0.15, 0.2) is 29.2 Å². The second-order valence-electron chi connectivity index (χ2n) is 4.39. The molecule has 1 aliphatic rings. The Kier molecular flexibility index (Phi) is 3.71. The molecule has 1 saturated carbocycles. The third kappa shape index (κ3) is 2.99. The molecule has 1 unspecified atom stereocenters. The number of nitrogens with two attached hydrogens (primary N) is 1. The van der Waals surface area contributed by atoms with Gasteiger partial charge in [-0.1, -0.05) is 25.0 Å². The minimum Gasteiger partial charge on any atom is -0.324 e. The van der Waals surface area contributed by atoms with Gasteiger partial charge in [0.2, 0.25) is 0 Å². The Bertz CT molecular complexity index is 316. The Morgan fingerprint density at radius 2 is 2.07 bits per heavy atom. The molecule has 2 heteroatoms. The maximum absolute atomic E-state index is 5.88. The molecule has 1 aromatic carbocycles. The molecule has 0 aromatic heterocycles. The van der Waals surface area contributed by atoms with Crippen molar-refractivity contribution in [3.05, 3.63) is 29.8 Å². The van der Waals surface area contributed by atoms with E-state index in [1.54, 1.807) is 0 Å². The first-order valence-electron chi connectivity index (χ1n) is 5.78. The van der Waals surface area contributed by atoms with Gasteiger partial charge in [-0.2, -0.15) is 0 Å². The van der Waals surface area contributed by atoms with Crippen molar-refractivity contribution < 1.29 is 0 Å². The topological polar surface area (TPSA) is 26.0 Å². The summed E-state index contributed by atoms with van der Waals surface area (Å²) in [5.74, 6) is 0. The molecule has 0 heterocycles. The zero-order chi connectivity index (χ0) is 10.7. The number of rotatable bonds is 3. The van der Waals surface area contributed by atoms with E-state index in [2.05, 4.69) is 24.3 Å². The highest BCUT2D eigenvalue weighted by Gasteiger charge is 2.16. The first-order valence-corrected chi connectivity index (χ1v) is 6.66. The quantitative estimate of drug-likeness (QED) is 0.841. The van der Waals surface area contributed by atoms with E-state index in [9.17, 15) is 0 Å². The molecule has 2 N–H and O–H groups in total. The van der Waals surface area contributed by atoms with Gasteiger partial charge in [0.15, 0.2) is 0 Å². The van der Waals surface area contributed by atoms with Crippen molar-refractivity contribution in [1.82, 2.24) is 0 Å². The van der Waals surface area contributed by atoms with E-state index >= 15 is 0 Å². The second kappa shape index (κ2) is 5.04. The molecule has 0 bridgehead atoms. The number of thioether (sulfide) groups is 1. The smallest absolute Gasteiger partial charge is 0.0266 e. The van der Waals surface area contributed by atoms with Crippen LogP contribution in [-0.2, 0) is 0 Å². The molecule has 0 amide bonds. The molecule has 1 aliphatic carbocycles. The summed E-state index contributed by atoms with van der Waals surface area (Å²) in [5, 5.41) is 0.841. The van der Waals surface area contributed by atoms with Crippen LogP contribution in [0.1, 0.15) is 44.2 Å². The fraction of sp³-hybridized carbons (Fsp3) is 0.538. The largest absolute Gasteiger partial charge is 0.324 e. The molecule has 1 fully saturated rings. The van der Waals surface area contributed by atoms with Gasteiger partial charge in [0, 0.05) is 16.2 Å². The van der Waals surface area contributed by atoms with Gasteiger partial charge in [-0.3, -0.25) is 0 Å². The first kappa shape index (κ1) is 11.0. The van der Waals surface area contributed by atoms with Gasteiger partial charge in [0.25, 0.3) is 0 Å². The minimum absolute atomic E-state index is 0.147. The van der Waals surface area contributed by atoms with E-state index in [0.29, 0.717) is 0 Å². The van der Waals surface area contributed by atoms with E-state index < -0.39 is 0 Å². The summed E-state index contributed by atoms with van der Waals surface area (Å²) >= 11 is 2.03. The van der Waals surface area contributed by atoms with Crippen molar-refractivity contribution in [3.8, 4) is 0 Å². The number of hydrogen-bond acceptors (Lipinski definition) is 2. The molecule has 82 valence electrons. The predicted molar refractivity (Wildman–Crippen MR) is 67.2 cm³/mol. The van der Waals surface area contributed by atoms with E-state index in [-0.39, 0.29) is 6.04 Å². The fourth-order valence-corrected chi connectivity index (χ4v) is 3.38. The summed E-state index contributed by atoms with van der Waals surface area (Å²) in [6, 6.07) is 8.83. The van der Waals surface area contributed by atoms with Gasteiger partial charge in [0.1, 0.15) is 0 Å². The molecule has 0 saturated heterocycles. The Labute approximate surface area is 96.4 Å². The molecule has 0 aliphatic heterocycles. The average Bonchev–Trinajstić information content (AvgIpc) is 2.71. The standard InChI is InChI=1S/C13H19NS/c1-10(14)11-5-4-8-13(9-11)15-12-6-2-3-7-12/h4-5,8-10,12H,2-3,6-7,14H2,1H3. The summed E-state index contributed by atoms with van der Waals surface area (Å²) in [4.78, 5) is 1.39. The summed E-state index contributed by atoms with van der Waals surface area (Å²) < 4.78 is 0. The van der Waals surface area contributed by atoms with E-state index in [4.69, 9.17) is 5.73 Å². The second-order valence-corrected chi connectivity index (χ2v) is 5.76. The molecule has 1 nitrogen and oxygen atoms in total. The van der Waals surface area contributed by atoms with Gasteiger partial charge in [-0.05, 0) is 37.5 Å². The Morgan fingerprint density at radius 1 is 1.33 bits per heavy atom. The van der Waals surface area contributed by atoms with Crippen LogP contribution >= 0.6 is 11.8 Å². The Balaban J connectivity index is 2.04. The summed E-state index contributed by atoms with van der Waals surface area (Å²) in [7, 11) is 0. The third-order valence-corrected chi connectivity index (χ3v) is 4.32. The molecule has 0 radical (unpaired) electrons. The first-order chi connectivity index (χ1) is 7.25. The van der Waals surface area contributed by atoms with Gasteiger partial charge >= 0.3 is 0 Å². The summed E-state index contributed by atoms with van der Waals surface area (Å²) in [6.45, 7) is 2.04. The van der Waals surface area contributed by atoms with Crippen LogP contribution in [0.2, 0.25) is 0 Å². The van der Waals surface area contributed by atoms with Crippen LogP contribution < -0.4 is 5.73 Å². The SMILES string of the molecule is CC(N)c1cccc(SC2CCCC2)c1. The zero-order valence-corrected chi connectivity index (χ0v) is 10.1. The van der Waals surface area contributed by atoms with Crippen LogP contribution in [-0.4, -0.2) is 5.25 Å². The van der Waals surface area contributed by atoms with Crippen LogP contribution in [0.5, 0.6) is 0 Å². The van der Waals surface area contributed by atoms with Crippen molar-refractivity contribution in [2.45, 2.75) is 48.8 Å². The summed E-state index contributed by atoms with van der Waals surface area (Å²) in [6.07, 6.45) is 5.58. The van der Waals surface area contributed by atoms with Crippen molar-refractivity contribution in [2.24, 2.45) is 5.73 Å². The minimum atomic E-state index is 0.147. The van der Waals surface area contributed by atoms with Gasteiger partial charge in [0.05, 0.1) is 0 Å². The number of benzene rings is 1. The molecule has 1 atom stereocenters. The molecular formula is C13H19NS. The Morgan fingerprint density at radius 3 is 2.73 bits per heavy atom. The van der Waals surface area contributed by atoms with Crippen molar-refractivity contribution in [2.75, 3.05) is 0 Å². The maximum atomic E-state index is 5.88.